The predicted octanol–water partition coefficient (Wildman–Crippen LogP) is 1.47. The molecule has 2 aliphatic heterocycles. The molecule has 24 heavy (non-hydrogen) atoms. The Balaban J connectivity index is 1.72. The number of ether oxygens (including phenoxy) is 2. The van der Waals surface area contributed by atoms with Crippen LogP contribution in [-0.2, 0) is 23.9 Å². The van der Waals surface area contributed by atoms with E-state index >= 15 is 0 Å². The van der Waals surface area contributed by atoms with Crippen molar-refractivity contribution in [3.8, 4) is 0 Å². The maximum Gasteiger partial charge on any atom is 0.335 e. The third kappa shape index (κ3) is 3.41. The molecule has 1 aromatic rings. The van der Waals surface area contributed by atoms with Crippen molar-refractivity contribution >= 4 is 29.2 Å². The number of esters is 1. The van der Waals surface area contributed by atoms with Crippen LogP contribution in [0.25, 0.3) is 0 Å². The molecule has 0 aliphatic carbocycles. The van der Waals surface area contributed by atoms with Crippen molar-refractivity contribution in [3.63, 3.8) is 0 Å². The average molecular weight is 332 g/mol. The van der Waals surface area contributed by atoms with Crippen LogP contribution in [0.1, 0.15) is 26.2 Å². The van der Waals surface area contributed by atoms with Crippen LogP contribution < -0.4 is 10.2 Å². The molecule has 2 aliphatic rings. The van der Waals surface area contributed by atoms with Crippen LogP contribution >= 0.6 is 0 Å². The van der Waals surface area contributed by atoms with Crippen molar-refractivity contribution in [2.24, 2.45) is 0 Å². The largest absolute Gasteiger partial charge is 0.454 e. The zero-order chi connectivity index (χ0) is 17.1. The Morgan fingerprint density at radius 1 is 1.38 bits per heavy atom. The van der Waals surface area contributed by atoms with E-state index in [4.69, 9.17) is 9.47 Å². The van der Waals surface area contributed by atoms with E-state index in [1.165, 1.54) is 4.90 Å². The van der Waals surface area contributed by atoms with Gasteiger partial charge in [0.05, 0.1) is 11.4 Å². The molecular formula is C17H20N2O5. The molecule has 2 atom stereocenters. The minimum Gasteiger partial charge on any atom is -0.454 e. The predicted molar refractivity (Wildman–Crippen MR) is 86.6 cm³/mol. The molecule has 0 saturated carbocycles. The highest BCUT2D eigenvalue weighted by Gasteiger charge is 2.31. The first-order valence-corrected chi connectivity index (χ1v) is 8.05. The second-order valence-electron chi connectivity index (χ2n) is 5.99. The van der Waals surface area contributed by atoms with E-state index < -0.39 is 12.1 Å². The zero-order valence-electron chi connectivity index (χ0n) is 13.5. The van der Waals surface area contributed by atoms with Crippen molar-refractivity contribution in [3.05, 3.63) is 24.3 Å². The van der Waals surface area contributed by atoms with Crippen molar-refractivity contribution in [1.29, 1.82) is 0 Å². The first kappa shape index (κ1) is 16.4. The van der Waals surface area contributed by atoms with Gasteiger partial charge in [-0.15, -0.1) is 0 Å². The Hall–Kier alpha value is -2.41. The minimum atomic E-state index is -0.574. The molecule has 0 bridgehead atoms. The van der Waals surface area contributed by atoms with Crippen molar-refractivity contribution in [2.75, 3.05) is 23.4 Å². The zero-order valence-corrected chi connectivity index (χ0v) is 13.5. The summed E-state index contributed by atoms with van der Waals surface area (Å²) in [5, 5.41) is 2.79. The van der Waals surface area contributed by atoms with Crippen LogP contribution in [0.2, 0.25) is 0 Å². The summed E-state index contributed by atoms with van der Waals surface area (Å²) in [5.41, 5.74) is 1.18. The fourth-order valence-corrected chi connectivity index (χ4v) is 3.03. The smallest absolute Gasteiger partial charge is 0.335 e. The topological polar surface area (TPSA) is 84.9 Å². The van der Waals surface area contributed by atoms with Gasteiger partial charge in [0.15, 0.2) is 12.7 Å². The van der Waals surface area contributed by atoms with Crippen LogP contribution in [-0.4, -0.2) is 43.1 Å². The highest BCUT2D eigenvalue weighted by Crippen LogP contribution is 2.31. The van der Waals surface area contributed by atoms with Crippen molar-refractivity contribution in [2.45, 2.75) is 38.3 Å². The number of benzene rings is 1. The van der Waals surface area contributed by atoms with Gasteiger partial charge >= 0.3 is 5.97 Å². The van der Waals surface area contributed by atoms with Gasteiger partial charge in [-0.3, -0.25) is 9.59 Å². The van der Waals surface area contributed by atoms with E-state index in [0.717, 1.165) is 6.42 Å². The molecule has 128 valence electrons. The van der Waals surface area contributed by atoms with Crippen molar-refractivity contribution < 1.29 is 23.9 Å². The summed E-state index contributed by atoms with van der Waals surface area (Å²) in [6.45, 7) is 1.96. The molecule has 7 nitrogen and oxygen atoms in total. The monoisotopic (exact) mass is 332 g/mol. The Bertz CT molecular complexity index is 654. The quantitative estimate of drug-likeness (QED) is 0.847. The Labute approximate surface area is 139 Å². The molecule has 2 heterocycles. The summed E-state index contributed by atoms with van der Waals surface area (Å²) in [6.07, 6.45) is 1.04. The molecule has 0 unspecified atom stereocenters. The van der Waals surface area contributed by atoms with E-state index in [1.54, 1.807) is 31.2 Å². The molecule has 3 rings (SSSR count). The highest BCUT2D eigenvalue weighted by atomic mass is 16.6. The normalized spacial score (nSPS) is 23.2. The molecule has 1 saturated heterocycles. The SMILES string of the molecule is C[C@H]1CC(=O)Nc2ccccc2N1C(=O)COC(=O)[C@H]1CCCO1. The summed E-state index contributed by atoms with van der Waals surface area (Å²) in [4.78, 5) is 37.9. The van der Waals surface area contributed by atoms with Gasteiger partial charge in [-0.1, -0.05) is 12.1 Å². The lowest BCUT2D eigenvalue weighted by Gasteiger charge is -2.27. The second kappa shape index (κ2) is 7.00. The number of nitrogens with one attached hydrogen (secondary N) is 1. The highest BCUT2D eigenvalue weighted by molar-refractivity contribution is 6.05. The van der Waals surface area contributed by atoms with Crippen LogP contribution in [0.15, 0.2) is 24.3 Å². The van der Waals surface area contributed by atoms with Gasteiger partial charge in [0.2, 0.25) is 5.91 Å². The van der Waals surface area contributed by atoms with Gasteiger partial charge in [0.1, 0.15) is 0 Å². The summed E-state index contributed by atoms with van der Waals surface area (Å²) in [5.74, 6) is -1.02. The van der Waals surface area contributed by atoms with Crippen molar-refractivity contribution in [1.82, 2.24) is 0 Å². The first-order valence-electron chi connectivity index (χ1n) is 8.05. The molecule has 0 spiro atoms. The standard InChI is InChI=1S/C17H20N2O5/c1-11-9-15(20)18-12-5-2-3-6-13(12)19(11)16(21)10-24-17(22)14-7-4-8-23-14/h2-3,5-6,11,14H,4,7-10H2,1H3,(H,18,20)/t11-,14+/m0/s1. The molecule has 0 aromatic heterocycles. The molecule has 7 heteroatoms. The third-order valence-electron chi connectivity index (χ3n) is 4.16. The lowest BCUT2D eigenvalue weighted by molar-refractivity contribution is -0.157. The maximum absolute atomic E-state index is 12.6. The number of hydrogen-bond donors (Lipinski definition) is 1. The third-order valence-corrected chi connectivity index (χ3v) is 4.16. The minimum absolute atomic E-state index is 0.151. The lowest BCUT2D eigenvalue weighted by Crippen LogP contribution is -2.42. The van der Waals surface area contributed by atoms with Gasteiger partial charge in [0, 0.05) is 19.1 Å². The second-order valence-corrected chi connectivity index (χ2v) is 5.99. The van der Waals surface area contributed by atoms with Gasteiger partial charge in [0.25, 0.3) is 5.91 Å². The fraction of sp³-hybridized carbons (Fsp3) is 0.471. The average Bonchev–Trinajstić information content (AvgIpc) is 3.04. The molecule has 0 radical (unpaired) electrons. The number of fused-ring (bicyclic) bond motifs is 1. The number of rotatable bonds is 3. The number of carbonyl (C=O) groups excluding carboxylic acids is 3. The first-order chi connectivity index (χ1) is 11.6. The van der Waals surface area contributed by atoms with Crippen LogP contribution in [0, 0.1) is 0 Å². The molecule has 2 amide bonds. The number of amides is 2. The number of anilines is 2. The molecule has 1 N–H and O–H groups in total. The number of nitrogens with zero attached hydrogens (tertiary/aromatic N) is 1. The Kier molecular flexibility index (Phi) is 4.80. The van der Waals surface area contributed by atoms with E-state index in [1.807, 2.05) is 0 Å². The molecule has 1 aromatic carbocycles. The van der Waals surface area contributed by atoms with Crippen LogP contribution in [0.3, 0.4) is 0 Å². The van der Waals surface area contributed by atoms with Gasteiger partial charge < -0.3 is 19.7 Å². The Morgan fingerprint density at radius 2 is 2.17 bits per heavy atom. The van der Waals surface area contributed by atoms with Gasteiger partial charge in [-0.2, -0.15) is 0 Å². The molecular weight excluding hydrogens is 312 g/mol. The Morgan fingerprint density at radius 3 is 2.92 bits per heavy atom. The van der Waals surface area contributed by atoms with Gasteiger partial charge in [-0.25, -0.2) is 4.79 Å². The van der Waals surface area contributed by atoms with Gasteiger partial charge in [-0.05, 0) is 31.9 Å². The number of hydrogen-bond acceptors (Lipinski definition) is 5. The number of para-hydroxylation sites is 2. The van der Waals surface area contributed by atoms with Crippen LogP contribution in [0.4, 0.5) is 11.4 Å². The summed E-state index contributed by atoms with van der Waals surface area (Å²) < 4.78 is 10.4. The van der Waals surface area contributed by atoms with E-state index in [0.29, 0.717) is 24.4 Å². The summed E-state index contributed by atoms with van der Waals surface area (Å²) >= 11 is 0. The molecule has 1 fully saturated rings. The van der Waals surface area contributed by atoms with Crippen LogP contribution in [0.5, 0.6) is 0 Å². The van der Waals surface area contributed by atoms with E-state index in [-0.39, 0.29) is 30.9 Å². The summed E-state index contributed by atoms with van der Waals surface area (Å²) in [6, 6.07) is 6.75. The maximum atomic E-state index is 12.6. The summed E-state index contributed by atoms with van der Waals surface area (Å²) in [7, 11) is 0. The lowest BCUT2D eigenvalue weighted by atomic mass is 10.1. The van der Waals surface area contributed by atoms with E-state index in [9.17, 15) is 14.4 Å². The fourth-order valence-electron chi connectivity index (χ4n) is 3.03. The van der Waals surface area contributed by atoms with E-state index in [2.05, 4.69) is 5.32 Å². The number of carbonyl (C=O) groups is 3.